The Hall–Kier alpha value is -2.33. The molecule has 3 rings (SSSR count). The van der Waals surface area contributed by atoms with Gasteiger partial charge in [0.25, 0.3) is 0 Å². The van der Waals surface area contributed by atoms with Gasteiger partial charge in [0.2, 0.25) is 0 Å². The summed E-state index contributed by atoms with van der Waals surface area (Å²) in [5.41, 5.74) is 3.09. The molecule has 0 amide bonds. The second kappa shape index (κ2) is 13.2. The van der Waals surface area contributed by atoms with Gasteiger partial charge in [-0.1, -0.05) is 18.2 Å². The van der Waals surface area contributed by atoms with Crippen molar-refractivity contribution in [2.24, 2.45) is 4.99 Å². The van der Waals surface area contributed by atoms with Crippen molar-refractivity contribution in [1.82, 2.24) is 14.9 Å². The molecule has 0 fully saturated rings. The lowest BCUT2D eigenvalue weighted by molar-refractivity contribution is 0.172. The molecule has 7 nitrogen and oxygen atoms in total. The largest absolute Gasteiger partial charge is 0.493 e. The van der Waals surface area contributed by atoms with Gasteiger partial charge >= 0.3 is 0 Å². The highest BCUT2D eigenvalue weighted by Crippen LogP contribution is 2.18. The third-order valence-electron chi connectivity index (χ3n) is 4.64. The van der Waals surface area contributed by atoms with Gasteiger partial charge in [0.05, 0.1) is 24.2 Å². The topological polar surface area (TPSA) is 72.7 Å². The van der Waals surface area contributed by atoms with Crippen LogP contribution in [0.25, 0.3) is 11.0 Å². The molecule has 0 spiro atoms. The number of hydrogen-bond donors (Lipinski definition) is 2. The fourth-order valence-corrected chi connectivity index (χ4v) is 3.24. The second-order valence-electron chi connectivity index (χ2n) is 6.91. The summed E-state index contributed by atoms with van der Waals surface area (Å²) < 4.78 is 13.0. The maximum absolute atomic E-state index is 5.78. The molecule has 31 heavy (non-hydrogen) atoms. The summed E-state index contributed by atoms with van der Waals surface area (Å²) in [5, 5.41) is 6.66. The van der Waals surface area contributed by atoms with Crippen LogP contribution in [0.1, 0.15) is 19.2 Å². The summed E-state index contributed by atoms with van der Waals surface area (Å²) in [6, 6.07) is 16.1. The first-order valence-electron chi connectivity index (χ1n) is 10.4. The van der Waals surface area contributed by atoms with Gasteiger partial charge in [-0.2, -0.15) is 0 Å². The Balaban J connectivity index is 0.00000341. The molecule has 1 heterocycles. The van der Waals surface area contributed by atoms with Gasteiger partial charge < -0.3 is 24.7 Å². The molecule has 0 atom stereocenters. The summed E-state index contributed by atoms with van der Waals surface area (Å²) in [7, 11) is 1.70. The molecule has 0 saturated heterocycles. The smallest absolute Gasteiger partial charge is 0.195 e. The zero-order valence-electron chi connectivity index (χ0n) is 18.4. The zero-order chi connectivity index (χ0) is 21.2. The van der Waals surface area contributed by atoms with E-state index in [4.69, 9.17) is 14.5 Å². The van der Waals surface area contributed by atoms with Crippen LogP contribution in [0, 0.1) is 6.92 Å². The van der Waals surface area contributed by atoms with Crippen LogP contribution in [-0.4, -0.2) is 48.9 Å². The van der Waals surface area contributed by atoms with Crippen molar-refractivity contribution in [2.45, 2.75) is 26.8 Å². The van der Waals surface area contributed by atoms with Crippen LogP contribution in [0.4, 0.5) is 5.69 Å². The number of anilines is 1. The van der Waals surface area contributed by atoms with Gasteiger partial charge in [-0.25, -0.2) is 4.98 Å². The van der Waals surface area contributed by atoms with Crippen LogP contribution in [-0.2, 0) is 11.3 Å². The molecule has 0 aliphatic rings. The molecular weight excluding hydrogens is 505 g/mol. The minimum absolute atomic E-state index is 0. The average molecular weight is 537 g/mol. The molecule has 0 radical (unpaired) electrons. The highest BCUT2D eigenvalue weighted by molar-refractivity contribution is 14.0. The van der Waals surface area contributed by atoms with Crippen molar-refractivity contribution in [3.63, 3.8) is 0 Å². The van der Waals surface area contributed by atoms with Gasteiger partial charge in [-0.3, -0.25) is 4.99 Å². The first kappa shape index (κ1) is 24.9. The minimum atomic E-state index is 0. The molecule has 8 heteroatoms. The number of rotatable bonds is 10. The number of benzene rings is 2. The van der Waals surface area contributed by atoms with E-state index in [9.17, 15) is 0 Å². The molecule has 168 valence electrons. The summed E-state index contributed by atoms with van der Waals surface area (Å²) >= 11 is 0. The molecular formula is C23H32IN5O2. The van der Waals surface area contributed by atoms with Crippen LogP contribution in [0.5, 0.6) is 5.75 Å². The van der Waals surface area contributed by atoms with Gasteiger partial charge in [0.15, 0.2) is 5.96 Å². The number of methoxy groups -OCH3 is 1. The second-order valence-corrected chi connectivity index (χ2v) is 6.91. The number of nitrogens with zero attached hydrogens (tertiary/aromatic N) is 3. The van der Waals surface area contributed by atoms with E-state index in [-0.39, 0.29) is 24.0 Å². The van der Waals surface area contributed by atoms with Crippen molar-refractivity contribution in [3.05, 3.63) is 54.4 Å². The number of hydrogen-bond acceptors (Lipinski definition) is 4. The lowest BCUT2D eigenvalue weighted by Gasteiger charge is -2.13. The van der Waals surface area contributed by atoms with Crippen LogP contribution in [0.15, 0.2) is 53.5 Å². The molecule has 0 bridgehead atoms. The Morgan fingerprint density at radius 1 is 1.13 bits per heavy atom. The van der Waals surface area contributed by atoms with Crippen LogP contribution in [0.3, 0.4) is 0 Å². The van der Waals surface area contributed by atoms with Crippen molar-refractivity contribution < 1.29 is 9.47 Å². The lowest BCUT2D eigenvalue weighted by Crippen LogP contribution is -2.31. The van der Waals surface area contributed by atoms with E-state index in [0.29, 0.717) is 19.8 Å². The van der Waals surface area contributed by atoms with Crippen molar-refractivity contribution in [1.29, 1.82) is 0 Å². The fraction of sp³-hybridized carbons (Fsp3) is 0.391. The van der Waals surface area contributed by atoms with E-state index in [0.717, 1.165) is 53.8 Å². The maximum atomic E-state index is 5.78. The summed E-state index contributed by atoms with van der Waals surface area (Å²) in [4.78, 5) is 9.36. The van der Waals surface area contributed by atoms with E-state index < -0.39 is 0 Å². The van der Waals surface area contributed by atoms with Crippen LogP contribution in [0.2, 0.25) is 0 Å². The SMILES string of the molecule is CCNC(=NCCn1c(C)nc2ccccc21)Nc1cccc(OCCCOC)c1.I. The van der Waals surface area contributed by atoms with E-state index in [2.05, 4.69) is 33.2 Å². The van der Waals surface area contributed by atoms with Gasteiger partial charge in [0, 0.05) is 45.0 Å². The van der Waals surface area contributed by atoms with Crippen molar-refractivity contribution in [3.8, 4) is 5.75 Å². The Morgan fingerprint density at radius 2 is 1.97 bits per heavy atom. The highest BCUT2D eigenvalue weighted by atomic mass is 127. The first-order chi connectivity index (χ1) is 14.7. The molecule has 0 aliphatic carbocycles. The predicted molar refractivity (Wildman–Crippen MR) is 138 cm³/mol. The number of nitrogens with one attached hydrogen (secondary N) is 2. The average Bonchev–Trinajstić information content (AvgIpc) is 3.07. The van der Waals surface area contributed by atoms with E-state index >= 15 is 0 Å². The highest BCUT2D eigenvalue weighted by Gasteiger charge is 2.06. The van der Waals surface area contributed by atoms with Gasteiger partial charge in [0.1, 0.15) is 11.6 Å². The van der Waals surface area contributed by atoms with Gasteiger partial charge in [-0.15, -0.1) is 24.0 Å². The maximum Gasteiger partial charge on any atom is 0.195 e. The Labute approximate surface area is 201 Å². The standard InChI is InChI=1S/C23H31N5O2.HI/c1-4-24-23(27-19-9-7-10-20(17-19)30-16-8-15-29-3)25-13-14-28-18(2)26-21-11-5-6-12-22(21)28;/h5-7,9-12,17H,4,8,13-16H2,1-3H3,(H2,24,25,27);1H. The lowest BCUT2D eigenvalue weighted by atomic mass is 10.3. The number of guanidine groups is 1. The Kier molecular flexibility index (Phi) is 10.6. The number of fused-ring (bicyclic) bond motifs is 1. The molecule has 2 N–H and O–H groups in total. The third kappa shape index (κ3) is 7.39. The van der Waals surface area contributed by atoms with Crippen molar-refractivity contribution >= 4 is 46.7 Å². The third-order valence-corrected chi connectivity index (χ3v) is 4.64. The normalized spacial score (nSPS) is 11.3. The Morgan fingerprint density at radius 3 is 2.77 bits per heavy atom. The van der Waals surface area contributed by atoms with Gasteiger partial charge in [-0.05, 0) is 38.1 Å². The molecule has 2 aromatic carbocycles. The summed E-state index contributed by atoms with van der Waals surface area (Å²) in [6.45, 7) is 7.61. The van der Waals surface area contributed by atoms with E-state index in [1.54, 1.807) is 7.11 Å². The fourth-order valence-electron chi connectivity index (χ4n) is 3.24. The number of aliphatic imine (C=N–C) groups is 1. The van der Waals surface area contributed by atoms with Crippen LogP contribution < -0.4 is 15.4 Å². The number of aromatic nitrogens is 2. The monoisotopic (exact) mass is 537 g/mol. The molecule has 3 aromatic rings. The van der Waals surface area contributed by atoms with E-state index in [1.165, 1.54) is 0 Å². The number of halogens is 1. The number of ether oxygens (including phenoxy) is 2. The molecule has 1 aromatic heterocycles. The zero-order valence-corrected chi connectivity index (χ0v) is 20.8. The van der Waals surface area contributed by atoms with E-state index in [1.807, 2.05) is 49.4 Å². The van der Waals surface area contributed by atoms with Crippen molar-refractivity contribution in [2.75, 3.05) is 38.7 Å². The molecule has 0 unspecified atom stereocenters. The molecule has 0 saturated carbocycles. The Bertz CT molecular complexity index is 974. The predicted octanol–water partition coefficient (Wildman–Crippen LogP) is 4.46. The quantitative estimate of drug-likeness (QED) is 0.173. The molecule has 0 aliphatic heterocycles. The number of imidazole rings is 1. The minimum Gasteiger partial charge on any atom is -0.493 e. The summed E-state index contributed by atoms with van der Waals surface area (Å²) in [6.07, 6.45) is 0.862. The first-order valence-corrected chi connectivity index (χ1v) is 10.4. The number of aryl methyl sites for hydroxylation is 1. The van der Waals surface area contributed by atoms with Crippen LogP contribution >= 0.6 is 24.0 Å². The number of para-hydroxylation sites is 2. The summed E-state index contributed by atoms with van der Waals surface area (Å²) in [5.74, 6) is 2.58.